The summed E-state index contributed by atoms with van der Waals surface area (Å²) in [6.07, 6.45) is 3.57. The molecule has 0 saturated heterocycles. The molecule has 0 aromatic heterocycles. The maximum absolute atomic E-state index is 13.9. The SMILES string of the molecule is Cc1ccc(CCC2CCc3cc(F)ccc3N2C=O)c(F)c1. The van der Waals surface area contributed by atoms with Gasteiger partial charge >= 0.3 is 0 Å². The second-order valence-corrected chi connectivity index (χ2v) is 6.11. The predicted molar refractivity (Wildman–Crippen MR) is 86.5 cm³/mol. The van der Waals surface area contributed by atoms with Crippen LogP contribution in [0.5, 0.6) is 0 Å². The standard InChI is InChI=1S/C19H19F2NO/c1-13-2-3-14(18(21)10-13)4-7-17-8-5-15-11-16(20)6-9-19(15)22(17)12-23/h2-3,6,9-12,17H,4-5,7-8H2,1H3. The molecule has 0 fully saturated rings. The Hall–Kier alpha value is -2.23. The van der Waals surface area contributed by atoms with Crippen LogP contribution in [-0.4, -0.2) is 12.5 Å². The number of halogens is 2. The lowest BCUT2D eigenvalue weighted by Gasteiger charge is -2.34. The summed E-state index contributed by atoms with van der Waals surface area (Å²) in [7, 11) is 0. The van der Waals surface area contributed by atoms with Crippen molar-refractivity contribution in [2.75, 3.05) is 4.90 Å². The zero-order chi connectivity index (χ0) is 16.4. The smallest absolute Gasteiger partial charge is 0.214 e. The number of rotatable bonds is 4. The van der Waals surface area contributed by atoms with Crippen LogP contribution in [0.25, 0.3) is 0 Å². The van der Waals surface area contributed by atoms with Crippen molar-refractivity contribution in [1.29, 1.82) is 0 Å². The summed E-state index contributed by atoms with van der Waals surface area (Å²) in [6.45, 7) is 1.86. The molecule has 2 aromatic carbocycles. The molecule has 1 aliphatic heterocycles. The van der Waals surface area contributed by atoms with Gasteiger partial charge in [-0.15, -0.1) is 0 Å². The number of anilines is 1. The van der Waals surface area contributed by atoms with Gasteiger partial charge in [-0.25, -0.2) is 8.78 Å². The van der Waals surface area contributed by atoms with E-state index in [4.69, 9.17) is 0 Å². The third-order valence-corrected chi connectivity index (χ3v) is 4.53. The first-order valence-electron chi connectivity index (χ1n) is 7.85. The molecule has 23 heavy (non-hydrogen) atoms. The topological polar surface area (TPSA) is 20.3 Å². The number of benzene rings is 2. The summed E-state index contributed by atoms with van der Waals surface area (Å²) in [5.41, 5.74) is 3.19. The van der Waals surface area contributed by atoms with E-state index in [2.05, 4.69) is 0 Å². The summed E-state index contributed by atoms with van der Waals surface area (Å²) in [5, 5.41) is 0. The van der Waals surface area contributed by atoms with E-state index < -0.39 is 0 Å². The maximum Gasteiger partial charge on any atom is 0.214 e. The average molecular weight is 315 g/mol. The van der Waals surface area contributed by atoms with Crippen molar-refractivity contribution in [2.24, 2.45) is 0 Å². The van der Waals surface area contributed by atoms with Crippen LogP contribution >= 0.6 is 0 Å². The number of fused-ring (bicyclic) bond motifs is 1. The van der Waals surface area contributed by atoms with E-state index in [9.17, 15) is 13.6 Å². The first-order valence-corrected chi connectivity index (χ1v) is 7.85. The molecular formula is C19H19F2NO. The first kappa shape index (κ1) is 15.7. The van der Waals surface area contributed by atoms with Crippen molar-refractivity contribution in [3.05, 3.63) is 64.7 Å². The molecule has 0 radical (unpaired) electrons. The van der Waals surface area contributed by atoms with Crippen LogP contribution in [-0.2, 0) is 17.6 Å². The average Bonchev–Trinajstić information content (AvgIpc) is 2.53. The molecule has 1 unspecified atom stereocenters. The van der Waals surface area contributed by atoms with Gasteiger partial charge in [0.15, 0.2) is 0 Å². The third kappa shape index (κ3) is 3.26. The number of aryl methyl sites for hydroxylation is 3. The highest BCUT2D eigenvalue weighted by Gasteiger charge is 2.26. The fourth-order valence-corrected chi connectivity index (χ4v) is 3.27. The molecule has 120 valence electrons. The molecule has 0 saturated carbocycles. The summed E-state index contributed by atoms with van der Waals surface area (Å²) in [5.74, 6) is -0.476. The van der Waals surface area contributed by atoms with Crippen LogP contribution in [0.1, 0.15) is 29.5 Å². The molecule has 0 spiro atoms. The van der Waals surface area contributed by atoms with E-state index >= 15 is 0 Å². The number of carbonyl (C=O) groups excluding carboxylic acids is 1. The molecule has 1 heterocycles. The van der Waals surface area contributed by atoms with E-state index in [1.165, 1.54) is 18.2 Å². The van der Waals surface area contributed by atoms with Crippen LogP contribution in [0.4, 0.5) is 14.5 Å². The van der Waals surface area contributed by atoms with Gasteiger partial charge in [-0.05, 0) is 73.6 Å². The normalized spacial score (nSPS) is 17.0. The van der Waals surface area contributed by atoms with Crippen LogP contribution < -0.4 is 4.90 Å². The number of carbonyl (C=O) groups is 1. The van der Waals surface area contributed by atoms with Gasteiger partial charge in [-0.3, -0.25) is 4.79 Å². The molecule has 1 aliphatic rings. The van der Waals surface area contributed by atoms with Crippen LogP contribution in [0.15, 0.2) is 36.4 Å². The van der Waals surface area contributed by atoms with Gasteiger partial charge in [-0.1, -0.05) is 12.1 Å². The van der Waals surface area contributed by atoms with E-state index in [1.807, 2.05) is 19.1 Å². The van der Waals surface area contributed by atoms with Gasteiger partial charge in [0.25, 0.3) is 0 Å². The Balaban J connectivity index is 1.75. The summed E-state index contributed by atoms with van der Waals surface area (Å²) in [4.78, 5) is 13.2. The Morgan fingerprint density at radius 3 is 2.78 bits per heavy atom. The summed E-state index contributed by atoms with van der Waals surface area (Å²) < 4.78 is 27.3. The van der Waals surface area contributed by atoms with E-state index in [0.29, 0.717) is 18.4 Å². The minimum Gasteiger partial charge on any atom is -0.312 e. The van der Waals surface area contributed by atoms with E-state index in [-0.39, 0.29) is 17.7 Å². The fourth-order valence-electron chi connectivity index (χ4n) is 3.27. The minimum absolute atomic E-state index is 0.0196. The zero-order valence-corrected chi connectivity index (χ0v) is 13.1. The van der Waals surface area contributed by atoms with Gasteiger partial charge < -0.3 is 4.90 Å². The van der Waals surface area contributed by atoms with Gasteiger partial charge in [0.1, 0.15) is 11.6 Å². The lowest BCUT2D eigenvalue weighted by atomic mass is 9.92. The minimum atomic E-state index is -0.283. The highest BCUT2D eigenvalue weighted by atomic mass is 19.1. The molecule has 0 N–H and O–H groups in total. The molecule has 3 rings (SSSR count). The van der Waals surface area contributed by atoms with Crippen molar-refractivity contribution in [3.8, 4) is 0 Å². The van der Waals surface area contributed by atoms with Crippen molar-refractivity contribution in [2.45, 2.75) is 38.6 Å². The van der Waals surface area contributed by atoms with Gasteiger partial charge in [0.05, 0.1) is 0 Å². The molecule has 4 heteroatoms. The zero-order valence-electron chi connectivity index (χ0n) is 13.1. The van der Waals surface area contributed by atoms with Crippen molar-refractivity contribution in [1.82, 2.24) is 0 Å². The van der Waals surface area contributed by atoms with Crippen molar-refractivity contribution in [3.63, 3.8) is 0 Å². The second kappa shape index (κ2) is 6.49. The molecule has 1 atom stereocenters. The van der Waals surface area contributed by atoms with Crippen LogP contribution in [0.2, 0.25) is 0 Å². The van der Waals surface area contributed by atoms with Gasteiger partial charge in [0, 0.05) is 11.7 Å². The molecule has 1 amide bonds. The largest absolute Gasteiger partial charge is 0.312 e. The highest BCUT2D eigenvalue weighted by molar-refractivity contribution is 5.79. The first-order chi connectivity index (χ1) is 11.1. The summed E-state index contributed by atoms with van der Waals surface area (Å²) in [6, 6.07) is 9.77. The number of amides is 1. The fraction of sp³-hybridized carbons (Fsp3) is 0.316. The quantitative estimate of drug-likeness (QED) is 0.775. The van der Waals surface area contributed by atoms with E-state index in [1.54, 1.807) is 11.0 Å². The maximum atomic E-state index is 13.9. The lowest BCUT2D eigenvalue weighted by molar-refractivity contribution is -0.108. The Morgan fingerprint density at radius 1 is 1.22 bits per heavy atom. The Bertz CT molecular complexity index is 729. The van der Waals surface area contributed by atoms with Gasteiger partial charge in [-0.2, -0.15) is 0 Å². The van der Waals surface area contributed by atoms with E-state index in [0.717, 1.165) is 36.1 Å². The molecule has 0 aliphatic carbocycles. The second-order valence-electron chi connectivity index (χ2n) is 6.11. The summed E-state index contributed by atoms with van der Waals surface area (Å²) >= 11 is 0. The van der Waals surface area contributed by atoms with Crippen molar-refractivity contribution < 1.29 is 13.6 Å². The molecular weight excluding hydrogens is 296 g/mol. The third-order valence-electron chi connectivity index (χ3n) is 4.53. The number of hydrogen-bond acceptors (Lipinski definition) is 1. The molecule has 2 nitrogen and oxygen atoms in total. The highest BCUT2D eigenvalue weighted by Crippen LogP contribution is 2.32. The predicted octanol–water partition coefficient (Wildman–Crippen LogP) is 4.18. The lowest BCUT2D eigenvalue weighted by Crippen LogP contribution is -2.38. The van der Waals surface area contributed by atoms with Crippen molar-refractivity contribution >= 4 is 12.1 Å². The molecule has 2 aromatic rings. The monoisotopic (exact) mass is 315 g/mol. The number of hydrogen-bond donors (Lipinski definition) is 0. The molecule has 0 bridgehead atoms. The van der Waals surface area contributed by atoms with Gasteiger partial charge in [0.2, 0.25) is 6.41 Å². The van der Waals surface area contributed by atoms with Crippen LogP contribution in [0.3, 0.4) is 0 Å². The van der Waals surface area contributed by atoms with Crippen LogP contribution in [0, 0.1) is 18.6 Å². The Labute approximate surface area is 134 Å². The Kier molecular flexibility index (Phi) is 4.42. The Morgan fingerprint density at radius 2 is 2.04 bits per heavy atom. The number of nitrogens with zero attached hydrogens (tertiary/aromatic N) is 1.